The highest BCUT2D eigenvalue weighted by atomic mass is 79.9. The molecular weight excluding hydrogens is 268 g/mol. The van der Waals surface area contributed by atoms with Gasteiger partial charge in [-0.3, -0.25) is 4.90 Å². The van der Waals surface area contributed by atoms with Crippen LogP contribution in [0.5, 0.6) is 0 Å². The lowest BCUT2D eigenvalue weighted by Crippen LogP contribution is -2.42. The van der Waals surface area contributed by atoms with Gasteiger partial charge in [-0.25, -0.2) is 0 Å². The molecular formula is C12H25BrN2O. The van der Waals surface area contributed by atoms with Crippen molar-refractivity contribution in [3.05, 3.63) is 0 Å². The van der Waals surface area contributed by atoms with E-state index in [1.807, 2.05) is 0 Å². The normalized spacial score (nSPS) is 18.2. The van der Waals surface area contributed by atoms with Crippen molar-refractivity contribution in [2.24, 2.45) is 0 Å². The molecule has 0 bridgehead atoms. The largest absolute Gasteiger partial charge is 0.379 e. The minimum atomic E-state index is 0.910. The quantitative estimate of drug-likeness (QED) is 0.635. The first-order valence-electron chi connectivity index (χ1n) is 6.45. The summed E-state index contributed by atoms with van der Waals surface area (Å²) in [5, 5.41) is 1.08. The molecule has 1 saturated heterocycles. The van der Waals surface area contributed by atoms with Crippen molar-refractivity contribution in [2.75, 3.05) is 57.8 Å². The molecule has 1 heterocycles. The van der Waals surface area contributed by atoms with Gasteiger partial charge in [-0.15, -0.1) is 0 Å². The molecule has 0 amide bonds. The van der Waals surface area contributed by atoms with Gasteiger partial charge in [0.15, 0.2) is 0 Å². The molecule has 4 heteroatoms. The van der Waals surface area contributed by atoms with E-state index in [1.54, 1.807) is 0 Å². The number of hydrogen-bond donors (Lipinski definition) is 0. The van der Waals surface area contributed by atoms with E-state index in [9.17, 15) is 0 Å². The molecule has 1 aliphatic heterocycles. The van der Waals surface area contributed by atoms with Gasteiger partial charge in [0.25, 0.3) is 0 Å². The van der Waals surface area contributed by atoms with Gasteiger partial charge < -0.3 is 9.64 Å². The molecule has 0 unspecified atom stereocenters. The molecule has 0 N–H and O–H groups in total. The summed E-state index contributed by atoms with van der Waals surface area (Å²) in [6.45, 7) is 11.1. The molecule has 1 aliphatic rings. The van der Waals surface area contributed by atoms with Gasteiger partial charge in [-0.05, 0) is 13.0 Å². The van der Waals surface area contributed by atoms with Crippen LogP contribution in [0.25, 0.3) is 0 Å². The van der Waals surface area contributed by atoms with Gasteiger partial charge in [0.05, 0.1) is 13.2 Å². The Hall–Kier alpha value is 0.360. The number of nitrogens with zero attached hydrogens (tertiary/aromatic N) is 2. The smallest absolute Gasteiger partial charge is 0.0594 e. The number of ether oxygens (including phenoxy) is 1. The van der Waals surface area contributed by atoms with Crippen LogP contribution in [-0.2, 0) is 4.74 Å². The van der Waals surface area contributed by atoms with Crippen molar-refractivity contribution in [1.82, 2.24) is 9.80 Å². The highest BCUT2D eigenvalue weighted by Crippen LogP contribution is 2.00. The minimum Gasteiger partial charge on any atom is -0.379 e. The van der Waals surface area contributed by atoms with Crippen LogP contribution in [-0.4, -0.2) is 67.6 Å². The van der Waals surface area contributed by atoms with Gasteiger partial charge >= 0.3 is 0 Å². The van der Waals surface area contributed by atoms with Gasteiger partial charge in [-0.2, -0.15) is 0 Å². The molecule has 0 spiro atoms. The summed E-state index contributed by atoms with van der Waals surface area (Å²) < 4.78 is 5.36. The van der Waals surface area contributed by atoms with Crippen molar-refractivity contribution in [3.8, 4) is 0 Å². The Bertz CT molecular complexity index is 163. The highest BCUT2D eigenvalue weighted by Gasteiger charge is 2.11. The zero-order valence-electron chi connectivity index (χ0n) is 10.5. The van der Waals surface area contributed by atoms with E-state index >= 15 is 0 Å². The second kappa shape index (κ2) is 9.40. The number of morpholine rings is 1. The fraction of sp³-hybridized carbons (Fsp3) is 1.00. The maximum atomic E-state index is 5.36. The predicted octanol–water partition coefficient (Wildman–Crippen LogP) is 1.82. The van der Waals surface area contributed by atoms with Crippen LogP contribution in [0.3, 0.4) is 0 Å². The summed E-state index contributed by atoms with van der Waals surface area (Å²) in [6, 6.07) is 0. The second-order valence-electron chi connectivity index (χ2n) is 4.34. The Kier molecular flexibility index (Phi) is 8.47. The number of hydrogen-bond acceptors (Lipinski definition) is 3. The molecule has 0 aromatic carbocycles. The average molecular weight is 293 g/mol. The summed E-state index contributed by atoms with van der Waals surface area (Å²) >= 11 is 3.53. The minimum absolute atomic E-state index is 0.910. The van der Waals surface area contributed by atoms with Gasteiger partial charge in [-0.1, -0.05) is 29.3 Å². The van der Waals surface area contributed by atoms with E-state index in [2.05, 4.69) is 32.7 Å². The summed E-state index contributed by atoms with van der Waals surface area (Å²) in [6.07, 6.45) is 2.60. The standard InChI is InChI=1S/C12H25BrN2O/c1-2-3-5-14(6-4-13)7-8-15-9-11-16-12-10-15/h2-12H2,1H3. The van der Waals surface area contributed by atoms with Crippen molar-refractivity contribution >= 4 is 15.9 Å². The van der Waals surface area contributed by atoms with Crippen molar-refractivity contribution in [2.45, 2.75) is 19.8 Å². The topological polar surface area (TPSA) is 15.7 Å². The lowest BCUT2D eigenvalue weighted by Gasteiger charge is -2.29. The fourth-order valence-electron chi connectivity index (χ4n) is 1.94. The molecule has 96 valence electrons. The Morgan fingerprint density at radius 3 is 2.56 bits per heavy atom. The third-order valence-electron chi connectivity index (χ3n) is 3.06. The monoisotopic (exact) mass is 292 g/mol. The van der Waals surface area contributed by atoms with Crippen LogP contribution >= 0.6 is 15.9 Å². The number of unbranched alkanes of at least 4 members (excludes halogenated alkanes) is 1. The van der Waals surface area contributed by atoms with Crippen LogP contribution in [0.2, 0.25) is 0 Å². The Balaban J connectivity index is 2.14. The number of alkyl halides is 1. The zero-order chi connectivity index (χ0) is 11.6. The van der Waals surface area contributed by atoms with Crippen LogP contribution in [0.1, 0.15) is 19.8 Å². The number of halogens is 1. The zero-order valence-corrected chi connectivity index (χ0v) is 12.0. The van der Waals surface area contributed by atoms with E-state index in [-0.39, 0.29) is 0 Å². The molecule has 0 atom stereocenters. The van der Waals surface area contributed by atoms with Gasteiger partial charge in [0, 0.05) is 38.1 Å². The Labute approximate surface area is 108 Å². The van der Waals surface area contributed by atoms with Crippen LogP contribution in [0, 0.1) is 0 Å². The first kappa shape index (κ1) is 14.4. The molecule has 0 saturated carbocycles. The van der Waals surface area contributed by atoms with Crippen molar-refractivity contribution < 1.29 is 4.74 Å². The van der Waals surface area contributed by atoms with Crippen LogP contribution in [0.4, 0.5) is 0 Å². The lowest BCUT2D eigenvalue weighted by atomic mass is 10.3. The van der Waals surface area contributed by atoms with E-state index in [0.29, 0.717) is 0 Å². The van der Waals surface area contributed by atoms with Gasteiger partial charge in [0.2, 0.25) is 0 Å². The Morgan fingerprint density at radius 1 is 1.19 bits per heavy atom. The molecule has 1 fully saturated rings. The highest BCUT2D eigenvalue weighted by molar-refractivity contribution is 9.09. The molecule has 0 radical (unpaired) electrons. The maximum absolute atomic E-state index is 5.36. The molecule has 16 heavy (non-hydrogen) atoms. The van der Waals surface area contributed by atoms with Crippen molar-refractivity contribution in [1.29, 1.82) is 0 Å². The van der Waals surface area contributed by atoms with E-state index in [4.69, 9.17) is 4.74 Å². The lowest BCUT2D eigenvalue weighted by molar-refractivity contribution is 0.0336. The van der Waals surface area contributed by atoms with E-state index in [1.165, 1.54) is 39.0 Å². The van der Waals surface area contributed by atoms with E-state index in [0.717, 1.165) is 31.6 Å². The summed E-state index contributed by atoms with van der Waals surface area (Å²) in [7, 11) is 0. The molecule has 0 aliphatic carbocycles. The third kappa shape index (κ3) is 6.18. The van der Waals surface area contributed by atoms with Crippen LogP contribution < -0.4 is 0 Å². The SMILES string of the molecule is CCCCN(CCBr)CCN1CCOCC1. The molecule has 0 aromatic rings. The first-order chi connectivity index (χ1) is 7.86. The third-order valence-corrected chi connectivity index (χ3v) is 3.42. The second-order valence-corrected chi connectivity index (χ2v) is 5.13. The van der Waals surface area contributed by atoms with Crippen LogP contribution in [0.15, 0.2) is 0 Å². The van der Waals surface area contributed by atoms with Gasteiger partial charge in [0.1, 0.15) is 0 Å². The summed E-state index contributed by atoms with van der Waals surface area (Å²) in [4.78, 5) is 5.07. The van der Waals surface area contributed by atoms with Crippen molar-refractivity contribution in [3.63, 3.8) is 0 Å². The maximum Gasteiger partial charge on any atom is 0.0594 e. The van der Waals surface area contributed by atoms with E-state index < -0.39 is 0 Å². The summed E-state index contributed by atoms with van der Waals surface area (Å²) in [5.74, 6) is 0. The Morgan fingerprint density at radius 2 is 1.94 bits per heavy atom. The first-order valence-corrected chi connectivity index (χ1v) is 7.57. The average Bonchev–Trinajstić information content (AvgIpc) is 2.34. The predicted molar refractivity (Wildman–Crippen MR) is 72.4 cm³/mol. The molecule has 1 rings (SSSR count). The number of rotatable bonds is 8. The molecule has 0 aromatic heterocycles. The summed E-state index contributed by atoms with van der Waals surface area (Å²) in [5.41, 5.74) is 0. The fourth-order valence-corrected chi connectivity index (χ4v) is 2.45. The molecule has 3 nitrogen and oxygen atoms in total.